The van der Waals surface area contributed by atoms with Gasteiger partial charge in [0.25, 0.3) is 0 Å². The molecule has 1 rings (SSSR count). The molecule has 13 heavy (non-hydrogen) atoms. The molecule has 1 unspecified atom stereocenters. The van der Waals surface area contributed by atoms with Crippen LogP contribution in [0.2, 0.25) is 0 Å². The van der Waals surface area contributed by atoms with Crippen molar-refractivity contribution in [1.29, 1.82) is 0 Å². The van der Waals surface area contributed by atoms with Crippen molar-refractivity contribution in [2.24, 2.45) is 0 Å². The minimum Gasteiger partial charge on any atom is -0.367 e. The van der Waals surface area contributed by atoms with Crippen LogP contribution in [-0.2, 0) is 0 Å². The van der Waals surface area contributed by atoms with E-state index in [-0.39, 0.29) is 0 Å². The quantitative estimate of drug-likeness (QED) is 0.850. The molecule has 0 radical (unpaired) electrons. The predicted octanol–water partition coefficient (Wildman–Crippen LogP) is 2.67. The zero-order valence-electron chi connectivity index (χ0n) is 7.30. The van der Waals surface area contributed by atoms with E-state index >= 15 is 0 Å². The van der Waals surface area contributed by atoms with Gasteiger partial charge in [-0.2, -0.15) is 0 Å². The highest BCUT2D eigenvalue weighted by molar-refractivity contribution is 9.10. The molecule has 0 aliphatic heterocycles. The second kappa shape index (κ2) is 5.40. The van der Waals surface area contributed by atoms with Crippen LogP contribution < -0.4 is 5.32 Å². The van der Waals surface area contributed by atoms with Crippen LogP contribution in [0.3, 0.4) is 0 Å². The van der Waals surface area contributed by atoms with Gasteiger partial charge in [-0.3, -0.25) is 0 Å². The fourth-order valence-corrected chi connectivity index (χ4v) is 1.55. The third-order valence-electron chi connectivity index (χ3n) is 1.59. The summed E-state index contributed by atoms with van der Waals surface area (Å²) in [6.45, 7) is 2.07. The van der Waals surface area contributed by atoms with E-state index in [9.17, 15) is 0 Å². The maximum atomic E-state index is 5.62. The summed E-state index contributed by atoms with van der Waals surface area (Å²) in [7, 11) is 0. The van der Waals surface area contributed by atoms with Crippen LogP contribution in [0.4, 0.5) is 5.82 Å². The molecule has 1 N–H and O–H groups in total. The molecule has 0 bridgehead atoms. The fourth-order valence-electron chi connectivity index (χ4n) is 0.888. The SMILES string of the molecule is CC(CCCl)Nc1ncncc1Br. The molecule has 0 aliphatic rings. The van der Waals surface area contributed by atoms with Crippen molar-refractivity contribution < 1.29 is 0 Å². The first-order chi connectivity index (χ1) is 6.24. The number of alkyl halides is 1. The van der Waals surface area contributed by atoms with E-state index in [0.29, 0.717) is 11.9 Å². The maximum Gasteiger partial charge on any atom is 0.143 e. The maximum absolute atomic E-state index is 5.62. The van der Waals surface area contributed by atoms with Gasteiger partial charge in [0.1, 0.15) is 12.1 Å². The number of anilines is 1. The van der Waals surface area contributed by atoms with Gasteiger partial charge in [-0.15, -0.1) is 11.6 Å². The Bertz CT molecular complexity index is 269. The van der Waals surface area contributed by atoms with Gasteiger partial charge in [0.05, 0.1) is 4.47 Å². The van der Waals surface area contributed by atoms with E-state index in [0.717, 1.165) is 16.7 Å². The monoisotopic (exact) mass is 263 g/mol. The first-order valence-corrected chi connectivity index (χ1v) is 5.34. The Morgan fingerprint density at radius 1 is 1.69 bits per heavy atom. The average Bonchev–Trinajstić information content (AvgIpc) is 2.09. The minimum absolute atomic E-state index is 0.323. The molecule has 1 atom stereocenters. The van der Waals surface area contributed by atoms with Crippen LogP contribution >= 0.6 is 27.5 Å². The summed E-state index contributed by atoms with van der Waals surface area (Å²) < 4.78 is 0.872. The lowest BCUT2D eigenvalue weighted by Gasteiger charge is -2.13. The molecule has 0 fully saturated rings. The van der Waals surface area contributed by atoms with E-state index in [2.05, 4.69) is 38.1 Å². The van der Waals surface area contributed by atoms with E-state index in [1.807, 2.05) is 0 Å². The van der Waals surface area contributed by atoms with Crippen molar-refractivity contribution in [1.82, 2.24) is 9.97 Å². The van der Waals surface area contributed by atoms with Gasteiger partial charge in [-0.25, -0.2) is 9.97 Å². The van der Waals surface area contributed by atoms with E-state index < -0.39 is 0 Å². The smallest absolute Gasteiger partial charge is 0.143 e. The van der Waals surface area contributed by atoms with Crippen LogP contribution in [0, 0.1) is 0 Å². The molecule has 72 valence electrons. The van der Waals surface area contributed by atoms with Gasteiger partial charge in [0.2, 0.25) is 0 Å². The summed E-state index contributed by atoms with van der Waals surface area (Å²) in [5, 5.41) is 3.23. The van der Waals surface area contributed by atoms with Crippen molar-refractivity contribution >= 4 is 33.3 Å². The molecule has 0 aliphatic carbocycles. The number of rotatable bonds is 4. The Morgan fingerprint density at radius 3 is 3.08 bits per heavy atom. The molecule has 0 amide bonds. The highest BCUT2D eigenvalue weighted by Gasteiger charge is 2.04. The lowest BCUT2D eigenvalue weighted by molar-refractivity contribution is 0.762. The van der Waals surface area contributed by atoms with Gasteiger partial charge in [0, 0.05) is 18.1 Å². The van der Waals surface area contributed by atoms with Gasteiger partial charge in [0.15, 0.2) is 0 Å². The molecule has 5 heteroatoms. The third kappa shape index (κ3) is 3.48. The number of hydrogen-bond acceptors (Lipinski definition) is 3. The number of aromatic nitrogens is 2. The Balaban J connectivity index is 2.58. The molecule has 1 heterocycles. The van der Waals surface area contributed by atoms with Crippen molar-refractivity contribution in [2.45, 2.75) is 19.4 Å². The zero-order chi connectivity index (χ0) is 9.68. The first kappa shape index (κ1) is 10.7. The summed E-state index contributed by atoms with van der Waals surface area (Å²) in [6.07, 6.45) is 4.14. The van der Waals surface area contributed by atoms with Gasteiger partial charge in [-0.05, 0) is 29.3 Å². The van der Waals surface area contributed by atoms with Crippen LogP contribution in [0.25, 0.3) is 0 Å². The number of nitrogens with zero attached hydrogens (tertiary/aromatic N) is 2. The fraction of sp³-hybridized carbons (Fsp3) is 0.500. The first-order valence-electron chi connectivity index (χ1n) is 4.02. The number of halogens is 2. The summed E-state index contributed by atoms with van der Waals surface area (Å²) in [5.41, 5.74) is 0. The lowest BCUT2D eigenvalue weighted by Crippen LogP contribution is -2.16. The molecule has 1 aromatic heterocycles. The van der Waals surface area contributed by atoms with E-state index in [1.165, 1.54) is 6.33 Å². The van der Waals surface area contributed by atoms with E-state index in [1.54, 1.807) is 6.20 Å². The number of nitrogens with one attached hydrogen (secondary N) is 1. The van der Waals surface area contributed by atoms with Gasteiger partial charge in [-0.1, -0.05) is 0 Å². The highest BCUT2D eigenvalue weighted by Crippen LogP contribution is 2.18. The second-order valence-corrected chi connectivity index (χ2v) is 3.97. The molecular formula is C8H11BrClN3. The van der Waals surface area contributed by atoms with Crippen LogP contribution in [0.5, 0.6) is 0 Å². The summed E-state index contributed by atoms with van der Waals surface area (Å²) >= 11 is 8.97. The zero-order valence-corrected chi connectivity index (χ0v) is 9.64. The van der Waals surface area contributed by atoms with Gasteiger partial charge >= 0.3 is 0 Å². The average molecular weight is 265 g/mol. The van der Waals surface area contributed by atoms with Crippen molar-refractivity contribution in [2.75, 3.05) is 11.2 Å². The topological polar surface area (TPSA) is 37.8 Å². The summed E-state index contributed by atoms with van der Waals surface area (Å²) in [6, 6.07) is 0.323. The van der Waals surface area contributed by atoms with Gasteiger partial charge < -0.3 is 5.32 Å². The highest BCUT2D eigenvalue weighted by atomic mass is 79.9. The number of hydrogen-bond donors (Lipinski definition) is 1. The molecule has 0 spiro atoms. The minimum atomic E-state index is 0.323. The summed E-state index contributed by atoms with van der Waals surface area (Å²) in [5.74, 6) is 1.46. The standard InChI is InChI=1S/C8H11BrClN3/c1-6(2-3-10)13-8-7(9)4-11-5-12-8/h4-6H,2-3H2,1H3,(H,11,12,13). The lowest BCUT2D eigenvalue weighted by atomic mass is 10.2. The van der Waals surface area contributed by atoms with Crippen molar-refractivity contribution in [3.05, 3.63) is 17.0 Å². The Kier molecular flexibility index (Phi) is 4.45. The molecule has 0 saturated heterocycles. The van der Waals surface area contributed by atoms with Crippen LogP contribution in [0.1, 0.15) is 13.3 Å². The molecule has 0 aromatic carbocycles. The third-order valence-corrected chi connectivity index (χ3v) is 2.39. The largest absolute Gasteiger partial charge is 0.367 e. The normalized spacial score (nSPS) is 12.5. The Labute approximate surface area is 91.1 Å². The predicted molar refractivity (Wildman–Crippen MR) is 58.2 cm³/mol. The molecule has 0 saturated carbocycles. The Morgan fingerprint density at radius 2 is 2.46 bits per heavy atom. The second-order valence-electron chi connectivity index (χ2n) is 2.74. The molecular weight excluding hydrogens is 253 g/mol. The van der Waals surface area contributed by atoms with Crippen molar-refractivity contribution in [3.8, 4) is 0 Å². The molecule has 3 nitrogen and oxygen atoms in total. The van der Waals surface area contributed by atoms with Crippen molar-refractivity contribution in [3.63, 3.8) is 0 Å². The summed E-state index contributed by atoms with van der Waals surface area (Å²) in [4.78, 5) is 7.96. The van der Waals surface area contributed by atoms with Crippen LogP contribution in [-0.4, -0.2) is 21.9 Å². The molecule has 1 aromatic rings. The van der Waals surface area contributed by atoms with Crippen LogP contribution in [0.15, 0.2) is 17.0 Å². The van der Waals surface area contributed by atoms with E-state index in [4.69, 9.17) is 11.6 Å². The Hall–Kier alpha value is -0.350.